The average Bonchev–Trinajstić information content (AvgIpc) is 3.29. The number of rotatable bonds is 5. The monoisotopic (exact) mass is 460 g/mol. The molecule has 3 aromatic carbocycles. The second-order valence-electron chi connectivity index (χ2n) is 7.47. The summed E-state index contributed by atoms with van der Waals surface area (Å²) in [6, 6.07) is 18.4. The Morgan fingerprint density at radius 3 is 2.58 bits per heavy atom. The topological polar surface area (TPSA) is 86.6 Å². The second kappa shape index (κ2) is 8.44. The summed E-state index contributed by atoms with van der Waals surface area (Å²) in [6.45, 7) is 0.0127. The third kappa shape index (κ3) is 4.06. The van der Waals surface area contributed by atoms with Crippen LogP contribution in [0.15, 0.2) is 77.7 Å². The number of carbonyl (C=O) groups is 2. The van der Waals surface area contributed by atoms with Crippen LogP contribution >= 0.6 is 11.6 Å². The number of carbonyl (C=O) groups excluding carboxylic acids is 2. The van der Waals surface area contributed by atoms with Crippen molar-refractivity contribution in [1.29, 1.82) is 0 Å². The molecule has 0 unspecified atom stereocenters. The second-order valence-corrected chi connectivity index (χ2v) is 7.91. The molecule has 1 amide bonds. The molecular weight excluding hydrogens is 444 g/mol. The van der Waals surface area contributed by atoms with Crippen molar-refractivity contribution in [2.75, 3.05) is 12.1 Å². The fraction of sp³-hybridized carbons (Fsp3) is 0.0800. The summed E-state index contributed by atoms with van der Waals surface area (Å²) in [7, 11) is 0. The normalized spacial score (nSPS) is 12.0. The molecule has 4 aromatic rings. The summed E-state index contributed by atoms with van der Waals surface area (Å²) in [5, 5.41) is 3.43. The molecule has 0 saturated carbocycles. The van der Waals surface area contributed by atoms with Gasteiger partial charge in [-0.05, 0) is 30.3 Å². The fourth-order valence-electron chi connectivity index (χ4n) is 3.74. The van der Waals surface area contributed by atoms with Gasteiger partial charge in [0, 0.05) is 33.9 Å². The predicted molar refractivity (Wildman–Crippen MR) is 124 cm³/mol. The molecule has 0 saturated heterocycles. The van der Waals surface area contributed by atoms with E-state index in [-0.39, 0.29) is 30.2 Å². The van der Waals surface area contributed by atoms with Gasteiger partial charge in [0.25, 0.3) is 0 Å². The van der Waals surface area contributed by atoms with Gasteiger partial charge in [-0.1, -0.05) is 41.9 Å². The molecule has 164 valence electrons. The molecule has 1 aromatic heterocycles. The summed E-state index contributed by atoms with van der Waals surface area (Å²) in [6.07, 6.45) is 1.42. The molecule has 0 atom stereocenters. The Morgan fingerprint density at radius 1 is 0.970 bits per heavy atom. The largest absolute Gasteiger partial charge is 0.454 e. The number of aromatic nitrogens is 1. The van der Waals surface area contributed by atoms with Crippen molar-refractivity contribution in [2.24, 2.45) is 0 Å². The van der Waals surface area contributed by atoms with Gasteiger partial charge < -0.3 is 19.4 Å². The highest BCUT2D eigenvalue weighted by molar-refractivity contribution is 6.31. The number of nitrogens with one attached hydrogen (secondary N) is 1. The van der Waals surface area contributed by atoms with Crippen LogP contribution in [-0.4, -0.2) is 23.1 Å². The number of ketones is 1. The lowest BCUT2D eigenvalue weighted by Crippen LogP contribution is -2.24. The first-order valence-corrected chi connectivity index (χ1v) is 10.5. The Balaban J connectivity index is 1.51. The maximum atomic E-state index is 13.1. The Bertz CT molecular complexity index is 1460. The molecule has 0 bridgehead atoms. The molecule has 0 aliphatic carbocycles. The summed E-state index contributed by atoms with van der Waals surface area (Å²) in [5.41, 5.74) is 0.945. The van der Waals surface area contributed by atoms with E-state index in [4.69, 9.17) is 21.1 Å². The predicted octanol–water partition coefficient (Wildman–Crippen LogP) is 4.25. The molecule has 1 N–H and O–H groups in total. The van der Waals surface area contributed by atoms with E-state index < -0.39 is 11.2 Å². The summed E-state index contributed by atoms with van der Waals surface area (Å²) < 4.78 is 12.2. The van der Waals surface area contributed by atoms with Crippen molar-refractivity contribution in [3.63, 3.8) is 0 Å². The van der Waals surface area contributed by atoms with Gasteiger partial charge in [0.05, 0.1) is 11.1 Å². The van der Waals surface area contributed by atoms with E-state index in [1.165, 1.54) is 12.3 Å². The van der Waals surface area contributed by atoms with Crippen molar-refractivity contribution >= 4 is 39.9 Å². The van der Waals surface area contributed by atoms with Gasteiger partial charge in [-0.2, -0.15) is 0 Å². The summed E-state index contributed by atoms with van der Waals surface area (Å²) >= 11 is 6.12. The van der Waals surface area contributed by atoms with Gasteiger partial charge in [0.15, 0.2) is 17.3 Å². The van der Waals surface area contributed by atoms with Crippen LogP contribution in [0.3, 0.4) is 0 Å². The molecule has 0 fully saturated rings. The number of anilines is 1. The molecular formula is C25H17ClN2O5. The van der Waals surface area contributed by atoms with Crippen LogP contribution in [0.1, 0.15) is 15.9 Å². The van der Waals surface area contributed by atoms with Gasteiger partial charge >= 0.3 is 0 Å². The highest BCUT2D eigenvalue weighted by atomic mass is 35.5. The third-order valence-electron chi connectivity index (χ3n) is 5.29. The molecule has 7 nitrogen and oxygen atoms in total. The first-order valence-electron chi connectivity index (χ1n) is 10.1. The molecule has 1 aliphatic rings. The first-order chi connectivity index (χ1) is 16.0. The highest BCUT2D eigenvalue weighted by Gasteiger charge is 2.19. The van der Waals surface area contributed by atoms with Crippen molar-refractivity contribution in [3.05, 3.63) is 99.3 Å². The van der Waals surface area contributed by atoms with E-state index in [1.54, 1.807) is 65.2 Å². The van der Waals surface area contributed by atoms with Gasteiger partial charge in [-0.3, -0.25) is 14.4 Å². The molecule has 33 heavy (non-hydrogen) atoms. The molecule has 2 heterocycles. The Morgan fingerprint density at radius 2 is 1.76 bits per heavy atom. The van der Waals surface area contributed by atoms with E-state index in [1.807, 2.05) is 0 Å². The summed E-state index contributed by atoms with van der Waals surface area (Å²) in [5.74, 6) is 0.395. The number of amides is 1. The Hall–Kier alpha value is -4.10. The highest BCUT2D eigenvalue weighted by Crippen LogP contribution is 2.34. The lowest BCUT2D eigenvalue weighted by Gasteiger charge is -2.14. The maximum absolute atomic E-state index is 13.1. The van der Waals surface area contributed by atoms with Crippen LogP contribution in [0.2, 0.25) is 5.02 Å². The van der Waals surface area contributed by atoms with E-state index in [0.717, 1.165) is 0 Å². The standard InChI is InChI=1S/C25H17ClN2O5/c26-16-6-8-20-18(10-16)25(31)19(24(30)15-4-2-1-3-5-15)12-28(20)13-23(29)27-17-7-9-21-22(11-17)33-14-32-21/h1-12H,13-14H2,(H,27,29). The van der Waals surface area contributed by atoms with Crippen LogP contribution in [0, 0.1) is 0 Å². The number of halogens is 1. The van der Waals surface area contributed by atoms with Crippen molar-refractivity contribution < 1.29 is 19.1 Å². The minimum Gasteiger partial charge on any atom is -0.454 e. The van der Waals surface area contributed by atoms with E-state index in [2.05, 4.69) is 5.32 Å². The molecule has 8 heteroatoms. The number of pyridine rings is 1. The average molecular weight is 461 g/mol. The minimum absolute atomic E-state index is 0.0353. The number of ether oxygens (including phenoxy) is 2. The van der Waals surface area contributed by atoms with Crippen molar-refractivity contribution in [1.82, 2.24) is 4.57 Å². The lowest BCUT2D eigenvalue weighted by atomic mass is 10.0. The maximum Gasteiger partial charge on any atom is 0.244 e. The summed E-state index contributed by atoms with van der Waals surface area (Å²) in [4.78, 5) is 39.0. The van der Waals surface area contributed by atoms with Crippen molar-refractivity contribution in [2.45, 2.75) is 6.54 Å². The van der Waals surface area contributed by atoms with E-state index >= 15 is 0 Å². The van der Waals surface area contributed by atoms with Gasteiger partial charge in [-0.15, -0.1) is 0 Å². The number of fused-ring (bicyclic) bond motifs is 2. The zero-order valence-electron chi connectivity index (χ0n) is 17.2. The van der Waals surface area contributed by atoms with E-state index in [9.17, 15) is 14.4 Å². The van der Waals surface area contributed by atoms with Crippen LogP contribution < -0.4 is 20.2 Å². The zero-order chi connectivity index (χ0) is 22.9. The van der Waals surface area contributed by atoms with Crippen LogP contribution in [0.4, 0.5) is 5.69 Å². The molecule has 5 rings (SSSR count). The molecule has 1 aliphatic heterocycles. The van der Waals surface area contributed by atoms with Crippen LogP contribution in [0.5, 0.6) is 11.5 Å². The minimum atomic E-state index is -0.436. The van der Waals surface area contributed by atoms with Crippen molar-refractivity contribution in [3.8, 4) is 11.5 Å². The van der Waals surface area contributed by atoms with Gasteiger partial charge in [0.2, 0.25) is 18.1 Å². The number of hydrogen-bond donors (Lipinski definition) is 1. The number of benzene rings is 3. The SMILES string of the molecule is O=C(Cn1cc(C(=O)c2ccccc2)c(=O)c2cc(Cl)ccc21)Nc1ccc2c(c1)OCO2. The fourth-order valence-corrected chi connectivity index (χ4v) is 3.91. The quantitative estimate of drug-likeness (QED) is 0.450. The number of nitrogens with zero attached hydrogens (tertiary/aromatic N) is 1. The lowest BCUT2D eigenvalue weighted by molar-refractivity contribution is -0.116. The third-order valence-corrected chi connectivity index (χ3v) is 5.53. The Kier molecular flexibility index (Phi) is 5.32. The van der Waals surface area contributed by atoms with Gasteiger partial charge in [0.1, 0.15) is 6.54 Å². The Labute approximate surface area is 193 Å². The molecule has 0 radical (unpaired) electrons. The zero-order valence-corrected chi connectivity index (χ0v) is 18.0. The number of hydrogen-bond acceptors (Lipinski definition) is 5. The van der Waals surface area contributed by atoms with E-state index in [0.29, 0.717) is 33.3 Å². The van der Waals surface area contributed by atoms with Gasteiger partial charge in [-0.25, -0.2) is 0 Å². The smallest absolute Gasteiger partial charge is 0.244 e. The van der Waals surface area contributed by atoms with Crippen LogP contribution in [0.25, 0.3) is 10.9 Å². The molecule has 0 spiro atoms. The first kappa shape index (κ1) is 20.8. The van der Waals surface area contributed by atoms with Crippen LogP contribution in [-0.2, 0) is 11.3 Å².